The van der Waals surface area contributed by atoms with Crippen molar-refractivity contribution >= 4 is 28.5 Å². The molecule has 0 fully saturated rings. The molecule has 0 aromatic carbocycles. The summed E-state index contributed by atoms with van der Waals surface area (Å²) in [5.41, 5.74) is 1.70. The predicted octanol–water partition coefficient (Wildman–Crippen LogP) is 13.6. The molecule has 0 aliphatic heterocycles. The van der Waals surface area contributed by atoms with Crippen molar-refractivity contribution in [3.05, 3.63) is 0 Å². The maximum absolute atomic E-state index is 10.9. The predicted molar refractivity (Wildman–Crippen MR) is 190 cm³/mol. The van der Waals surface area contributed by atoms with E-state index in [-0.39, 0.29) is 5.91 Å². The van der Waals surface area contributed by atoms with Gasteiger partial charge in [-0.1, -0.05) is 228 Å². The van der Waals surface area contributed by atoms with Gasteiger partial charge in [0.15, 0.2) is 0 Å². The summed E-state index contributed by atoms with van der Waals surface area (Å²) in [6.07, 6.45) is 48.6. The minimum Gasteiger partial charge on any atom is -0.289 e. The molecule has 2 N–H and O–H groups in total. The number of hydrogen-bond acceptors (Lipinski definition) is 2. The van der Waals surface area contributed by atoms with E-state index < -0.39 is 0 Å². The molecule has 4 heteroatoms. The average Bonchev–Trinajstić information content (AvgIpc) is 2.99. The van der Waals surface area contributed by atoms with E-state index in [1.807, 2.05) is 0 Å². The number of rotatable bonds is 36. The van der Waals surface area contributed by atoms with Crippen LogP contribution in [0, 0.1) is 0 Å². The lowest BCUT2D eigenvalue weighted by molar-refractivity contribution is -0.129. The second-order valence-corrected chi connectivity index (χ2v) is 14.1. The molecule has 0 aromatic rings. The van der Waals surface area contributed by atoms with Crippen molar-refractivity contribution in [2.75, 3.05) is 4.43 Å². The maximum Gasteiger partial charge on any atom is 0.243 e. The Kier molecular flexibility index (Phi) is 38.3. The van der Waals surface area contributed by atoms with E-state index in [2.05, 4.69) is 22.6 Å². The molecule has 41 heavy (non-hydrogen) atoms. The van der Waals surface area contributed by atoms with E-state index in [0.717, 1.165) is 12.8 Å². The van der Waals surface area contributed by atoms with Gasteiger partial charge in [-0.05, 0) is 17.3 Å². The van der Waals surface area contributed by atoms with Crippen LogP contribution in [0.15, 0.2) is 0 Å². The highest BCUT2D eigenvalue weighted by atomic mass is 127. The number of alkyl halides is 1. The van der Waals surface area contributed by atoms with Gasteiger partial charge in [0.1, 0.15) is 0 Å². The van der Waals surface area contributed by atoms with Crippen molar-refractivity contribution in [1.29, 1.82) is 0 Å². The molecule has 0 heterocycles. The molecular formula is C37H74INO2. The standard InChI is InChI=1S/C37H74INO2/c38-36-34-32-30-28-26-24-22-20-18-16-14-12-10-8-6-4-2-1-3-5-7-9-11-13-15-17-19-21-23-25-27-29-31-33-35-37(40)39-41/h41H,1-36H2,(H,39,40). The van der Waals surface area contributed by atoms with Gasteiger partial charge >= 0.3 is 0 Å². The molecule has 0 bridgehead atoms. The molecule has 246 valence electrons. The molecule has 0 radical (unpaired) electrons. The van der Waals surface area contributed by atoms with Gasteiger partial charge in [-0.3, -0.25) is 10.0 Å². The van der Waals surface area contributed by atoms with E-state index >= 15 is 0 Å². The number of nitrogens with one attached hydrogen (secondary N) is 1. The molecule has 0 saturated heterocycles. The van der Waals surface area contributed by atoms with Crippen LogP contribution in [0.3, 0.4) is 0 Å². The van der Waals surface area contributed by atoms with E-state index in [4.69, 9.17) is 5.21 Å². The van der Waals surface area contributed by atoms with Crippen molar-refractivity contribution < 1.29 is 10.0 Å². The van der Waals surface area contributed by atoms with Crippen molar-refractivity contribution in [2.45, 2.75) is 225 Å². The normalized spacial score (nSPS) is 11.4. The highest BCUT2D eigenvalue weighted by Crippen LogP contribution is 2.17. The number of carbonyl (C=O) groups excluding carboxylic acids is 1. The molecule has 0 unspecified atom stereocenters. The molecule has 0 rings (SSSR count). The second-order valence-electron chi connectivity index (χ2n) is 13.0. The number of hydrogen-bond donors (Lipinski definition) is 2. The SMILES string of the molecule is O=C(CCCCCCCCCCCCCCCCCCCCCCCCCCCCCCCCCCCCI)NO. The van der Waals surface area contributed by atoms with Crippen molar-refractivity contribution in [1.82, 2.24) is 5.48 Å². The van der Waals surface area contributed by atoms with E-state index in [1.165, 1.54) is 210 Å². The Labute approximate surface area is 272 Å². The largest absolute Gasteiger partial charge is 0.289 e. The molecule has 1 amide bonds. The second kappa shape index (κ2) is 38.2. The quantitative estimate of drug-likeness (QED) is 0.0226. The first kappa shape index (κ1) is 41.2. The first-order chi connectivity index (χ1) is 20.3. The van der Waals surface area contributed by atoms with Crippen molar-refractivity contribution in [2.24, 2.45) is 0 Å². The van der Waals surface area contributed by atoms with Crippen LogP contribution in [0.4, 0.5) is 0 Å². The molecule has 0 aliphatic carbocycles. The van der Waals surface area contributed by atoms with Crippen LogP contribution in [-0.2, 0) is 4.79 Å². The Morgan fingerprint density at radius 3 is 0.683 bits per heavy atom. The highest BCUT2D eigenvalue weighted by molar-refractivity contribution is 14.1. The van der Waals surface area contributed by atoms with Gasteiger partial charge in [-0.2, -0.15) is 0 Å². The van der Waals surface area contributed by atoms with E-state index in [1.54, 1.807) is 5.48 Å². The first-order valence-corrected chi connectivity index (χ1v) is 20.3. The third kappa shape index (κ3) is 38.1. The minimum absolute atomic E-state index is 0.254. The maximum atomic E-state index is 10.9. The Morgan fingerprint density at radius 1 is 0.341 bits per heavy atom. The van der Waals surface area contributed by atoms with Crippen LogP contribution >= 0.6 is 22.6 Å². The van der Waals surface area contributed by atoms with Crippen LogP contribution in [0.5, 0.6) is 0 Å². The number of amides is 1. The molecule has 0 saturated carbocycles. The zero-order valence-corrected chi connectivity index (χ0v) is 29.8. The van der Waals surface area contributed by atoms with Gasteiger partial charge in [0.2, 0.25) is 5.91 Å². The number of unbranched alkanes of at least 4 members (excludes halogenated alkanes) is 33. The molecular weight excluding hydrogens is 617 g/mol. The highest BCUT2D eigenvalue weighted by Gasteiger charge is 1.99. The summed E-state index contributed by atoms with van der Waals surface area (Å²) >= 11 is 2.50. The van der Waals surface area contributed by atoms with Crippen molar-refractivity contribution in [3.63, 3.8) is 0 Å². The summed E-state index contributed by atoms with van der Waals surface area (Å²) in [6, 6.07) is 0. The molecule has 0 atom stereocenters. The summed E-state index contributed by atoms with van der Waals surface area (Å²) in [4.78, 5) is 10.9. The number of halogens is 1. The summed E-state index contributed by atoms with van der Waals surface area (Å²) in [5.74, 6) is -0.254. The fraction of sp³-hybridized carbons (Fsp3) is 0.973. The van der Waals surface area contributed by atoms with Gasteiger partial charge < -0.3 is 0 Å². The van der Waals surface area contributed by atoms with Gasteiger partial charge in [0, 0.05) is 6.42 Å². The van der Waals surface area contributed by atoms with Gasteiger partial charge in [0.05, 0.1) is 0 Å². The third-order valence-electron chi connectivity index (χ3n) is 8.91. The van der Waals surface area contributed by atoms with Gasteiger partial charge in [-0.25, -0.2) is 5.48 Å². The molecule has 0 aromatic heterocycles. The Balaban J connectivity index is 3.04. The fourth-order valence-corrected chi connectivity index (χ4v) is 6.63. The van der Waals surface area contributed by atoms with Crippen LogP contribution in [0.2, 0.25) is 0 Å². The number of carbonyl (C=O) groups is 1. The van der Waals surface area contributed by atoms with Crippen molar-refractivity contribution in [3.8, 4) is 0 Å². The lowest BCUT2D eigenvalue weighted by Gasteiger charge is -2.05. The monoisotopic (exact) mass is 691 g/mol. The third-order valence-corrected chi connectivity index (χ3v) is 9.67. The number of hydroxylamine groups is 1. The van der Waals surface area contributed by atoms with Gasteiger partial charge in [0.25, 0.3) is 0 Å². The smallest absolute Gasteiger partial charge is 0.243 e. The van der Waals surface area contributed by atoms with Crippen LogP contribution in [0.25, 0.3) is 0 Å². The Bertz CT molecular complexity index is 488. The lowest BCUT2D eigenvalue weighted by atomic mass is 10.0. The lowest BCUT2D eigenvalue weighted by Crippen LogP contribution is -2.17. The summed E-state index contributed by atoms with van der Waals surface area (Å²) < 4.78 is 1.34. The Hall–Kier alpha value is 0.160. The van der Waals surface area contributed by atoms with E-state index in [0.29, 0.717) is 6.42 Å². The van der Waals surface area contributed by atoms with E-state index in [9.17, 15) is 4.79 Å². The topological polar surface area (TPSA) is 49.3 Å². The van der Waals surface area contributed by atoms with Crippen LogP contribution < -0.4 is 5.48 Å². The summed E-state index contributed by atoms with van der Waals surface area (Å²) in [7, 11) is 0. The average molecular weight is 692 g/mol. The van der Waals surface area contributed by atoms with Gasteiger partial charge in [-0.15, -0.1) is 0 Å². The minimum atomic E-state index is -0.254. The molecule has 0 spiro atoms. The Morgan fingerprint density at radius 2 is 0.512 bits per heavy atom. The summed E-state index contributed by atoms with van der Waals surface area (Å²) in [5, 5.41) is 8.46. The van der Waals surface area contributed by atoms with Crippen LogP contribution in [0.1, 0.15) is 225 Å². The van der Waals surface area contributed by atoms with Crippen LogP contribution in [-0.4, -0.2) is 15.5 Å². The summed E-state index contributed by atoms with van der Waals surface area (Å²) in [6.45, 7) is 0. The zero-order valence-electron chi connectivity index (χ0n) is 27.7. The molecule has 0 aliphatic rings. The zero-order chi connectivity index (χ0) is 29.7. The molecule has 3 nitrogen and oxygen atoms in total. The first-order valence-electron chi connectivity index (χ1n) is 18.8. The fourth-order valence-electron chi connectivity index (χ4n) is 6.09.